The number of hydrogen-bond acceptors (Lipinski definition) is 3. The monoisotopic (exact) mass is 218 g/mol. The van der Waals surface area contributed by atoms with Crippen LogP contribution in [0.4, 0.5) is 0 Å². The van der Waals surface area contributed by atoms with Crippen molar-refractivity contribution in [1.82, 2.24) is 5.32 Å². The van der Waals surface area contributed by atoms with Gasteiger partial charge in [0.25, 0.3) is 0 Å². The summed E-state index contributed by atoms with van der Waals surface area (Å²) in [6.45, 7) is 6.38. The zero-order valence-electron chi connectivity index (χ0n) is 10.3. The van der Waals surface area contributed by atoms with Gasteiger partial charge in [0.1, 0.15) is 11.3 Å². The summed E-state index contributed by atoms with van der Waals surface area (Å²) >= 11 is 0. The predicted octanol–water partition coefficient (Wildman–Crippen LogP) is 2.40. The number of ether oxygens (including phenoxy) is 1. The van der Waals surface area contributed by atoms with Crippen LogP contribution in [0.1, 0.15) is 25.0 Å². The summed E-state index contributed by atoms with van der Waals surface area (Å²) in [4.78, 5) is 0. The summed E-state index contributed by atoms with van der Waals surface area (Å²) in [5.74, 6) is 0.854. The molecule has 0 aromatic heterocycles. The zero-order valence-corrected chi connectivity index (χ0v) is 10.3. The van der Waals surface area contributed by atoms with Gasteiger partial charge in [0.05, 0.1) is 13.2 Å². The minimum absolute atomic E-state index is 0.519. The van der Waals surface area contributed by atoms with Gasteiger partial charge in [-0.25, -0.2) is 0 Å². The van der Waals surface area contributed by atoms with Crippen LogP contribution in [0.25, 0.3) is 0 Å². The molecule has 0 spiro atoms. The molecule has 0 aliphatic rings. The first-order chi connectivity index (χ1) is 7.48. The van der Waals surface area contributed by atoms with Crippen molar-refractivity contribution in [2.75, 3.05) is 7.11 Å². The number of rotatable bonds is 4. The first-order valence-corrected chi connectivity index (χ1v) is 5.28. The van der Waals surface area contributed by atoms with Crippen LogP contribution in [0, 0.1) is 18.3 Å². The normalized spacial score (nSPS) is 10.9. The van der Waals surface area contributed by atoms with Crippen molar-refractivity contribution in [3.63, 3.8) is 0 Å². The van der Waals surface area contributed by atoms with Gasteiger partial charge in [0.15, 0.2) is 0 Å². The summed E-state index contributed by atoms with van der Waals surface area (Å²) in [5, 5.41) is 12.1. The number of nitrogens with one attached hydrogen (secondary N) is 1. The highest BCUT2D eigenvalue weighted by Crippen LogP contribution is 2.20. The number of nitrogens with zero attached hydrogens (tertiary/aromatic N) is 1. The second kappa shape index (κ2) is 5.00. The lowest BCUT2D eigenvalue weighted by molar-refractivity contribution is 0.402. The fourth-order valence-electron chi connectivity index (χ4n) is 1.40. The topological polar surface area (TPSA) is 45.0 Å². The molecule has 0 aliphatic heterocycles. The lowest BCUT2D eigenvalue weighted by Gasteiger charge is -2.18. The van der Waals surface area contributed by atoms with Gasteiger partial charge in [-0.05, 0) is 26.8 Å². The lowest BCUT2D eigenvalue weighted by Crippen LogP contribution is -2.37. The molecule has 0 saturated heterocycles. The summed E-state index contributed by atoms with van der Waals surface area (Å²) in [6, 6.07) is 8.24. The van der Waals surface area contributed by atoms with Crippen LogP contribution in [0.15, 0.2) is 18.2 Å². The Morgan fingerprint density at radius 3 is 2.69 bits per heavy atom. The van der Waals surface area contributed by atoms with Gasteiger partial charge in [-0.3, -0.25) is 5.32 Å². The minimum atomic E-state index is -0.519. The van der Waals surface area contributed by atoms with Crippen LogP contribution in [-0.2, 0) is 6.54 Å². The Hall–Kier alpha value is -1.53. The van der Waals surface area contributed by atoms with Crippen LogP contribution in [0.2, 0.25) is 0 Å². The smallest absolute Gasteiger partial charge is 0.123 e. The van der Waals surface area contributed by atoms with E-state index in [1.807, 2.05) is 32.9 Å². The van der Waals surface area contributed by atoms with Crippen molar-refractivity contribution < 1.29 is 4.74 Å². The van der Waals surface area contributed by atoms with Crippen molar-refractivity contribution in [3.05, 3.63) is 29.3 Å². The number of benzene rings is 1. The summed E-state index contributed by atoms with van der Waals surface area (Å²) < 4.78 is 5.28. The molecule has 1 aromatic rings. The van der Waals surface area contributed by atoms with E-state index in [2.05, 4.69) is 17.5 Å². The highest BCUT2D eigenvalue weighted by Gasteiger charge is 2.16. The van der Waals surface area contributed by atoms with Gasteiger partial charge in [-0.15, -0.1) is 0 Å². The first-order valence-electron chi connectivity index (χ1n) is 5.28. The van der Waals surface area contributed by atoms with Gasteiger partial charge in [0.2, 0.25) is 0 Å². The molecule has 0 fully saturated rings. The van der Waals surface area contributed by atoms with Crippen LogP contribution < -0.4 is 10.1 Å². The number of methoxy groups -OCH3 is 1. The maximum Gasteiger partial charge on any atom is 0.123 e. The van der Waals surface area contributed by atoms with Crippen LogP contribution in [0.3, 0.4) is 0 Å². The van der Waals surface area contributed by atoms with E-state index in [1.54, 1.807) is 7.11 Å². The van der Waals surface area contributed by atoms with Crippen molar-refractivity contribution in [3.8, 4) is 11.8 Å². The van der Waals surface area contributed by atoms with Crippen molar-refractivity contribution in [2.45, 2.75) is 32.9 Å². The second-order valence-corrected chi connectivity index (χ2v) is 4.41. The maximum atomic E-state index is 8.91. The number of hydrogen-bond donors (Lipinski definition) is 1. The Bertz CT molecular complexity index is 405. The molecule has 1 aromatic carbocycles. The molecule has 1 N–H and O–H groups in total. The minimum Gasteiger partial charge on any atom is -0.496 e. The van der Waals surface area contributed by atoms with E-state index in [0.29, 0.717) is 6.54 Å². The molecule has 0 heterocycles. The third kappa shape index (κ3) is 3.25. The maximum absolute atomic E-state index is 8.91. The quantitative estimate of drug-likeness (QED) is 0.844. The first kappa shape index (κ1) is 12.5. The van der Waals surface area contributed by atoms with E-state index in [4.69, 9.17) is 10.00 Å². The fraction of sp³-hybridized carbons (Fsp3) is 0.462. The fourth-order valence-corrected chi connectivity index (χ4v) is 1.40. The van der Waals surface area contributed by atoms with E-state index in [-0.39, 0.29) is 0 Å². The van der Waals surface area contributed by atoms with E-state index >= 15 is 0 Å². The molecule has 16 heavy (non-hydrogen) atoms. The molecule has 3 nitrogen and oxygen atoms in total. The average molecular weight is 218 g/mol. The van der Waals surface area contributed by atoms with E-state index in [9.17, 15) is 0 Å². The van der Waals surface area contributed by atoms with Gasteiger partial charge >= 0.3 is 0 Å². The average Bonchev–Trinajstić information content (AvgIpc) is 2.27. The summed E-state index contributed by atoms with van der Waals surface area (Å²) in [6.07, 6.45) is 0. The van der Waals surface area contributed by atoms with Crippen LogP contribution in [-0.4, -0.2) is 12.6 Å². The molecule has 3 heteroatoms. The molecule has 0 aliphatic carbocycles. The standard InChI is InChI=1S/C13H18N2O/c1-10-5-6-12(16-4)11(7-10)8-15-13(2,3)9-14/h5-7,15H,8H2,1-4H3. The van der Waals surface area contributed by atoms with Crippen molar-refractivity contribution in [1.29, 1.82) is 5.26 Å². The number of nitriles is 1. The molecule has 1 rings (SSSR count). The molecule has 0 amide bonds. The van der Waals surface area contributed by atoms with Crippen LogP contribution >= 0.6 is 0 Å². The predicted molar refractivity (Wildman–Crippen MR) is 64.3 cm³/mol. The Morgan fingerprint density at radius 2 is 2.12 bits per heavy atom. The zero-order chi connectivity index (χ0) is 12.2. The van der Waals surface area contributed by atoms with Gasteiger partial charge in [-0.1, -0.05) is 17.7 Å². The van der Waals surface area contributed by atoms with Gasteiger partial charge in [0, 0.05) is 12.1 Å². The second-order valence-electron chi connectivity index (χ2n) is 4.41. The molecule has 0 unspecified atom stereocenters. The Balaban J connectivity index is 2.81. The number of aryl methyl sites for hydroxylation is 1. The lowest BCUT2D eigenvalue weighted by atomic mass is 10.1. The SMILES string of the molecule is COc1ccc(C)cc1CNC(C)(C)C#N. The van der Waals surface area contributed by atoms with Gasteiger partial charge < -0.3 is 4.74 Å². The molecule has 0 saturated carbocycles. The third-order valence-corrected chi connectivity index (χ3v) is 2.44. The van der Waals surface area contributed by atoms with E-state index in [0.717, 1.165) is 11.3 Å². The van der Waals surface area contributed by atoms with Crippen molar-refractivity contribution in [2.24, 2.45) is 0 Å². The van der Waals surface area contributed by atoms with E-state index < -0.39 is 5.54 Å². The van der Waals surface area contributed by atoms with Crippen molar-refractivity contribution >= 4 is 0 Å². The summed E-state index contributed by atoms with van der Waals surface area (Å²) in [5.41, 5.74) is 1.74. The molecule has 0 atom stereocenters. The highest BCUT2D eigenvalue weighted by atomic mass is 16.5. The summed E-state index contributed by atoms with van der Waals surface area (Å²) in [7, 11) is 1.66. The Labute approximate surface area is 97.0 Å². The highest BCUT2D eigenvalue weighted by molar-refractivity contribution is 5.36. The molecule has 0 bridgehead atoms. The molecule has 86 valence electrons. The van der Waals surface area contributed by atoms with Crippen LogP contribution in [0.5, 0.6) is 5.75 Å². The largest absolute Gasteiger partial charge is 0.496 e. The Kier molecular flexibility index (Phi) is 3.92. The molecule has 0 radical (unpaired) electrons. The van der Waals surface area contributed by atoms with E-state index in [1.165, 1.54) is 5.56 Å². The van der Waals surface area contributed by atoms with Gasteiger partial charge in [-0.2, -0.15) is 5.26 Å². The molecular formula is C13H18N2O. The third-order valence-electron chi connectivity index (χ3n) is 2.44. The molecular weight excluding hydrogens is 200 g/mol. The Morgan fingerprint density at radius 1 is 1.44 bits per heavy atom.